The molecule has 0 spiro atoms. The van der Waals surface area contributed by atoms with Gasteiger partial charge in [0.15, 0.2) is 24.2 Å². The number of nitrogens with zero attached hydrogens (tertiary/aromatic N) is 4. The third kappa shape index (κ3) is 11.7. The van der Waals surface area contributed by atoms with Gasteiger partial charge < -0.3 is 29.2 Å². The van der Waals surface area contributed by atoms with E-state index in [4.69, 9.17) is 34.8 Å². The zero-order valence-electron chi connectivity index (χ0n) is 32.1. The highest BCUT2D eigenvalue weighted by atomic mass is 28.3. The van der Waals surface area contributed by atoms with Gasteiger partial charge in [-0.15, -0.1) is 0 Å². The number of hydrogen-bond acceptors (Lipinski definition) is 7. The van der Waals surface area contributed by atoms with Gasteiger partial charge in [-0.05, 0) is 65.5 Å². The number of aromatic nitrogens is 4. The van der Waals surface area contributed by atoms with Crippen molar-refractivity contribution in [2.75, 3.05) is 26.6 Å². The molecule has 0 aliphatic heterocycles. The Labute approximate surface area is 301 Å². The van der Waals surface area contributed by atoms with E-state index < -0.39 is 30.0 Å². The molecule has 0 radical (unpaired) electrons. The first kappa shape index (κ1) is 40.1. The normalized spacial score (nSPS) is 12.7. The highest BCUT2D eigenvalue weighted by molar-refractivity contribution is 6.76. The molecule has 2 N–H and O–H groups in total. The Morgan fingerprint density at radius 2 is 1.42 bits per heavy atom. The maximum Gasteiger partial charge on any atom is 0.189 e. The van der Waals surface area contributed by atoms with Gasteiger partial charge in [0, 0.05) is 62.2 Å². The SMILES string of the molecule is CCc1cc(OCOCC[Si](C)(C)C)c(F)cc1-c1ccc2c(-c3nc(CN)cn3COCC[Si](C)(C)C)nn(COCC[Si](C)(C)C)c2c1. The van der Waals surface area contributed by atoms with Crippen molar-refractivity contribution in [1.29, 1.82) is 0 Å². The van der Waals surface area contributed by atoms with Crippen molar-refractivity contribution in [1.82, 2.24) is 19.3 Å². The Bertz CT molecular complexity index is 1710. The molecule has 0 amide bonds. The van der Waals surface area contributed by atoms with E-state index in [0.29, 0.717) is 52.1 Å². The lowest BCUT2D eigenvalue weighted by Gasteiger charge is -2.16. The van der Waals surface area contributed by atoms with Crippen LogP contribution >= 0.6 is 0 Å². The molecule has 50 heavy (non-hydrogen) atoms. The van der Waals surface area contributed by atoms with E-state index in [1.165, 1.54) is 0 Å². The lowest BCUT2D eigenvalue weighted by molar-refractivity contribution is 0.0197. The van der Waals surface area contributed by atoms with Gasteiger partial charge in [-0.2, -0.15) is 5.10 Å². The topological polar surface area (TPSA) is 98.6 Å². The van der Waals surface area contributed by atoms with Crippen molar-refractivity contribution < 1.29 is 23.3 Å². The number of halogens is 1. The number of nitrogens with two attached hydrogens (primary N) is 1. The van der Waals surface area contributed by atoms with E-state index in [1.54, 1.807) is 12.1 Å². The maximum atomic E-state index is 15.5. The van der Waals surface area contributed by atoms with Crippen LogP contribution in [0.4, 0.5) is 4.39 Å². The first-order valence-electron chi connectivity index (χ1n) is 17.9. The number of benzene rings is 2. The summed E-state index contributed by atoms with van der Waals surface area (Å²) >= 11 is 0. The predicted molar refractivity (Wildman–Crippen MR) is 211 cm³/mol. The van der Waals surface area contributed by atoms with Crippen LogP contribution in [0, 0.1) is 5.82 Å². The molecule has 0 unspecified atom stereocenters. The van der Waals surface area contributed by atoms with Gasteiger partial charge in [-0.3, -0.25) is 0 Å². The molecule has 0 saturated carbocycles. The van der Waals surface area contributed by atoms with Crippen molar-refractivity contribution >= 4 is 35.1 Å². The summed E-state index contributed by atoms with van der Waals surface area (Å²) in [4.78, 5) is 4.88. The summed E-state index contributed by atoms with van der Waals surface area (Å²) in [7, 11) is -3.72. The number of rotatable bonds is 20. The summed E-state index contributed by atoms with van der Waals surface area (Å²) in [5.41, 5.74) is 11.1. The van der Waals surface area contributed by atoms with Gasteiger partial charge in [0.2, 0.25) is 0 Å². The second kappa shape index (κ2) is 17.2. The van der Waals surface area contributed by atoms with Gasteiger partial charge in [0.25, 0.3) is 0 Å². The Hall–Kier alpha value is -2.66. The Balaban J connectivity index is 1.68. The zero-order valence-corrected chi connectivity index (χ0v) is 35.1. The van der Waals surface area contributed by atoms with Gasteiger partial charge in [0.05, 0.1) is 11.2 Å². The average Bonchev–Trinajstić information content (AvgIpc) is 3.60. The minimum absolute atomic E-state index is 0.0283. The van der Waals surface area contributed by atoms with Crippen LogP contribution in [0.15, 0.2) is 36.5 Å². The van der Waals surface area contributed by atoms with Gasteiger partial charge in [0.1, 0.15) is 19.2 Å². The van der Waals surface area contributed by atoms with E-state index in [1.807, 2.05) is 27.6 Å². The van der Waals surface area contributed by atoms with Crippen molar-refractivity contribution in [3.05, 3.63) is 53.6 Å². The summed E-state index contributed by atoms with van der Waals surface area (Å²) in [6.45, 7) is 26.0. The number of aryl methyl sites for hydroxylation is 1. The van der Waals surface area contributed by atoms with E-state index >= 15 is 4.39 Å². The second-order valence-electron chi connectivity index (χ2n) is 16.8. The van der Waals surface area contributed by atoms with E-state index in [2.05, 4.69) is 71.9 Å². The zero-order chi connectivity index (χ0) is 36.7. The second-order valence-corrected chi connectivity index (χ2v) is 33.6. The largest absolute Gasteiger partial charge is 0.464 e. The van der Waals surface area contributed by atoms with Crippen LogP contribution in [0.3, 0.4) is 0 Å². The van der Waals surface area contributed by atoms with Gasteiger partial charge in [-0.1, -0.05) is 71.9 Å². The number of imidazole rings is 1. The fourth-order valence-corrected chi connectivity index (χ4v) is 7.61. The Morgan fingerprint density at radius 3 is 2.02 bits per heavy atom. The number of ether oxygens (including phenoxy) is 4. The standard InChI is InChI=1S/C37H60FN5O4Si3/c1-11-28-21-35(47-27-46-16-19-50(8,9)10)33(38)22-32(28)29-12-13-31-34(20-29)43(26-45-15-18-49(5,6)7)41-36(31)37-40-30(23-39)24-42(37)25-44-14-17-48(2,3)4/h12-13,20-22,24H,11,14-19,23,25-27,39H2,1-10H3. The van der Waals surface area contributed by atoms with E-state index in [9.17, 15) is 0 Å². The minimum Gasteiger partial charge on any atom is -0.464 e. The third-order valence-corrected chi connectivity index (χ3v) is 13.7. The summed E-state index contributed by atoms with van der Waals surface area (Å²) in [5, 5.41) is 5.99. The number of fused-ring (bicyclic) bond motifs is 1. The highest BCUT2D eigenvalue weighted by Crippen LogP contribution is 2.35. The van der Waals surface area contributed by atoms with Crippen LogP contribution in [0.25, 0.3) is 33.5 Å². The van der Waals surface area contributed by atoms with Crippen molar-refractivity contribution in [3.63, 3.8) is 0 Å². The molecule has 13 heteroatoms. The molecule has 0 aliphatic rings. The lowest BCUT2D eigenvalue weighted by Crippen LogP contribution is -2.22. The molecule has 276 valence electrons. The third-order valence-electron chi connectivity index (χ3n) is 8.58. The molecule has 4 rings (SSSR count). The average molecular weight is 742 g/mol. The summed E-state index contributed by atoms with van der Waals surface area (Å²) < 4.78 is 43.1. The Kier molecular flexibility index (Phi) is 13.8. The van der Waals surface area contributed by atoms with Crippen LogP contribution < -0.4 is 10.5 Å². The fraction of sp³-hybridized carbons (Fsp3) is 0.568. The van der Waals surface area contributed by atoms with Crippen LogP contribution in [0.1, 0.15) is 18.2 Å². The molecule has 2 aromatic carbocycles. The summed E-state index contributed by atoms with van der Waals surface area (Å²) in [5.74, 6) is 0.490. The first-order chi connectivity index (χ1) is 23.5. The smallest absolute Gasteiger partial charge is 0.189 e. The summed E-state index contributed by atoms with van der Waals surface area (Å²) in [6.07, 6.45) is 2.66. The molecule has 4 aromatic rings. The van der Waals surface area contributed by atoms with E-state index in [-0.39, 0.29) is 12.5 Å². The number of hydrogen-bond donors (Lipinski definition) is 1. The minimum atomic E-state index is -1.27. The molecule has 0 bridgehead atoms. The van der Waals surface area contributed by atoms with Crippen molar-refractivity contribution in [3.8, 4) is 28.4 Å². The molecule has 0 aliphatic carbocycles. The molecule has 0 fully saturated rings. The molecule has 0 atom stereocenters. The van der Waals surface area contributed by atoms with Crippen LogP contribution in [-0.4, -0.2) is 70.2 Å². The van der Waals surface area contributed by atoms with Crippen LogP contribution in [0.2, 0.25) is 77.1 Å². The van der Waals surface area contributed by atoms with Crippen molar-refractivity contribution in [2.45, 2.75) is 110 Å². The Morgan fingerprint density at radius 1 is 0.800 bits per heavy atom. The van der Waals surface area contributed by atoms with Gasteiger partial charge >= 0.3 is 0 Å². The fourth-order valence-electron chi connectivity index (χ4n) is 5.34. The molecule has 2 aromatic heterocycles. The summed E-state index contributed by atoms with van der Waals surface area (Å²) in [6, 6.07) is 12.7. The van der Waals surface area contributed by atoms with Gasteiger partial charge in [-0.25, -0.2) is 14.1 Å². The molecule has 9 nitrogen and oxygen atoms in total. The lowest BCUT2D eigenvalue weighted by atomic mass is 9.96. The van der Waals surface area contributed by atoms with Crippen molar-refractivity contribution in [2.24, 2.45) is 5.73 Å². The van der Waals surface area contributed by atoms with Crippen LogP contribution in [0.5, 0.6) is 5.75 Å². The first-order valence-corrected chi connectivity index (χ1v) is 29.1. The monoisotopic (exact) mass is 741 g/mol. The highest BCUT2D eigenvalue weighted by Gasteiger charge is 2.22. The molecular formula is C37H60FN5O4Si3. The maximum absolute atomic E-state index is 15.5. The van der Waals surface area contributed by atoms with Crippen LogP contribution in [-0.2, 0) is 40.6 Å². The molecular weight excluding hydrogens is 682 g/mol. The predicted octanol–water partition coefficient (Wildman–Crippen LogP) is 9.04. The molecule has 2 heterocycles. The van der Waals surface area contributed by atoms with E-state index in [0.717, 1.165) is 57.1 Å². The molecule has 0 saturated heterocycles. The quantitative estimate of drug-likeness (QED) is 0.0549.